The number of rotatable bonds is 3. The van der Waals surface area contributed by atoms with Gasteiger partial charge in [-0.1, -0.05) is 18.2 Å². The van der Waals surface area contributed by atoms with Crippen molar-refractivity contribution in [2.75, 3.05) is 13.1 Å². The van der Waals surface area contributed by atoms with Gasteiger partial charge in [-0.2, -0.15) is 0 Å². The van der Waals surface area contributed by atoms with Crippen LogP contribution in [0.15, 0.2) is 46.5 Å². The maximum absolute atomic E-state index is 13.5. The van der Waals surface area contributed by atoms with Crippen molar-refractivity contribution < 1.29 is 13.2 Å². The van der Waals surface area contributed by atoms with Gasteiger partial charge in [-0.25, -0.2) is 18.2 Å². The van der Waals surface area contributed by atoms with Crippen molar-refractivity contribution in [1.82, 2.24) is 29.5 Å². The Morgan fingerprint density at radius 3 is 2.77 bits per heavy atom. The quantitative estimate of drug-likeness (QED) is 0.511. The average molecular weight is 425 g/mol. The lowest BCUT2D eigenvalue weighted by atomic mass is 10.1. The molecule has 1 aromatic carbocycles. The lowest BCUT2D eigenvalue weighted by Crippen LogP contribution is -2.33. The van der Waals surface area contributed by atoms with E-state index in [4.69, 9.17) is 5.73 Å². The van der Waals surface area contributed by atoms with Gasteiger partial charge >= 0.3 is 6.03 Å². The Morgan fingerprint density at radius 1 is 1.23 bits per heavy atom. The number of nitrogens with one attached hydrogen (secondary N) is 1. The minimum Gasteiger partial charge on any atom is -0.351 e. The molecule has 1 atom stereocenters. The van der Waals surface area contributed by atoms with Gasteiger partial charge in [-0.05, 0) is 31.0 Å². The van der Waals surface area contributed by atoms with Crippen molar-refractivity contribution in [3.05, 3.63) is 47.9 Å². The van der Waals surface area contributed by atoms with E-state index in [9.17, 15) is 13.2 Å². The molecule has 5 rings (SSSR count). The second-order valence-electron chi connectivity index (χ2n) is 7.38. The number of nitrogens with zero attached hydrogens (tertiary/aromatic N) is 5. The van der Waals surface area contributed by atoms with Gasteiger partial charge in [-0.3, -0.25) is 4.40 Å². The third-order valence-electron chi connectivity index (χ3n) is 5.54. The molecule has 0 radical (unpaired) electrons. The predicted molar refractivity (Wildman–Crippen MR) is 108 cm³/mol. The summed E-state index contributed by atoms with van der Waals surface area (Å²) in [6.45, 7) is 2.67. The normalized spacial score (nSPS) is 17.2. The van der Waals surface area contributed by atoms with Gasteiger partial charge in [0.15, 0.2) is 11.3 Å². The Kier molecular flexibility index (Phi) is 4.03. The number of H-pyrrole nitrogens is 1. The molecule has 1 saturated heterocycles. The third-order valence-corrected chi connectivity index (χ3v) is 7.36. The maximum atomic E-state index is 13.5. The Labute approximate surface area is 171 Å². The fourth-order valence-corrected chi connectivity index (χ4v) is 5.57. The molecule has 3 aromatic heterocycles. The second-order valence-corrected chi connectivity index (χ2v) is 9.22. The SMILES string of the molecule is Cc1ccccc1S(=O)(=O)c1nc2[nH]ccc2n2c(C3CCN(C(N)=O)C3)nnc12. The van der Waals surface area contributed by atoms with E-state index in [-0.39, 0.29) is 21.5 Å². The molecule has 0 spiro atoms. The van der Waals surface area contributed by atoms with Crippen LogP contribution in [0.25, 0.3) is 16.8 Å². The Morgan fingerprint density at radius 2 is 2.03 bits per heavy atom. The van der Waals surface area contributed by atoms with Crippen LogP contribution in [0, 0.1) is 6.92 Å². The highest BCUT2D eigenvalue weighted by Gasteiger charge is 2.33. The number of likely N-dealkylation sites (tertiary alicyclic amines) is 1. The monoisotopic (exact) mass is 425 g/mol. The van der Waals surface area contributed by atoms with E-state index in [1.807, 2.05) is 0 Å². The standard InChI is InChI=1S/C19H19N7O3S/c1-11-4-2-3-5-14(11)30(28,29)18-17-24-23-16(12-7-9-25(10-12)19(20)27)26(17)13-6-8-21-15(13)22-18/h2-6,8,12,21H,7,9-10H2,1H3,(H2,20,27). The molecule has 2 amide bonds. The average Bonchev–Trinajstić information content (AvgIpc) is 3.44. The van der Waals surface area contributed by atoms with Gasteiger partial charge in [0, 0.05) is 25.2 Å². The van der Waals surface area contributed by atoms with E-state index in [2.05, 4.69) is 20.2 Å². The second kappa shape index (κ2) is 6.52. The Bertz CT molecular complexity index is 1410. The molecule has 4 heterocycles. The summed E-state index contributed by atoms with van der Waals surface area (Å²) in [6, 6.07) is 8.07. The summed E-state index contributed by atoms with van der Waals surface area (Å²) in [5.41, 5.74) is 7.29. The zero-order valence-corrected chi connectivity index (χ0v) is 16.9. The number of primary amides is 1. The molecule has 1 unspecified atom stereocenters. The van der Waals surface area contributed by atoms with Gasteiger partial charge < -0.3 is 15.6 Å². The highest BCUT2D eigenvalue weighted by molar-refractivity contribution is 7.91. The molecule has 30 heavy (non-hydrogen) atoms. The van der Waals surface area contributed by atoms with E-state index in [0.717, 1.165) is 0 Å². The Balaban J connectivity index is 1.74. The molecule has 3 N–H and O–H groups in total. The summed E-state index contributed by atoms with van der Waals surface area (Å²) >= 11 is 0. The first kappa shape index (κ1) is 18.6. The van der Waals surface area contributed by atoms with Crippen molar-refractivity contribution in [3.8, 4) is 0 Å². The number of urea groups is 1. The number of aryl methyl sites for hydroxylation is 1. The van der Waals surface area contributed by atoms with Crippen LogP contribution in [-0.2, 0) is 9.84 Å². The molecule has 10 nitrogen and oxygen atoms in total. The molecule has 4 aromatic rings. The number of aromatic amines is 1. The number of amides is 2. The van der Waals surface area contributed by atoms with E-state index < -0.39 is 15.9 Å². The summed E-state index contributed by atoms with van der Waals surface area (Å²) in [4.78, 5) is 20.6. The lowest BCUT2D eigenvalue weighted by molar-refractivity contribution is 0.218. The summed E-state index contributed by atoms with van der Waals surface area (Å²) in [5.74, 6) is 0.476. The topological polar surface area (TPSA) is 139 Å². The zero-order valence-electron chi connectivity index (χ0n) is 16.1. The smallest absolute Gasteiger partial charge is 0.314 e. The molecule has 11 heteroatoms. The van der Waals surface area contributed by atoms with Gasteiger partial charge in [0.05, 0.1) is 10.4 Å². The fraction of sp³-hybridized carbons (Fsp3) is 0.263. The van der Waals surface area contributed by atoms with Crippen molar-refractivity contribution in [2.45, 2.75) is 29.2 Å². The summed E-state index contributed by atoms with van der Waals surface area (Å²) in [6.07, 6.45) is 2.35. The maximum Gasteiger partial charge on any atom is 0.314 e. The van der Waals surface area contributed by atoms with Crippen LogP contribution < -0.4 is 5.73 Å². The molecule has 1 aliphatic rings. The Hall–Kier alpha value is -3.47. The number of carbonyl (C=O) groups excluding carboxylic acids is 1. The molecule has 1 fully saturated rings. The van der Waals surface area contributed by atoms with Crippen LogP contribution in [0.3, 0.4) is 0 Å². The summed E-state index contributed by atoms with van der Waals surface area (Å²) in [7, 11) is -3.94. The number of hydrogen-bond donors (Lipinski definition) is 2. The number of hydrogen-bond acceptors (Lipinski definition) is 6. The van der Waals surface area contributed by atoms with Crippen LogP contribution in [-0.4, -0.2) is 57.0 Å². The largest absolute Gasteiger partial charge is 0.351 e. The molecule has 0 bridgehead atoms. The number of fused-ring (bicyclic) bond motifs is 3. The van der Waals surface area contributed by atoms with E-state index in [1.54, 1.807) is 52.8 Å². The van der Waals surface area contributed by atoms with Crippen molar-refractivity contribution in [1.29, 1.82) is 0 Å². The van der Waals surface area contributed by atoms with Crippen molar-refractivity contribution in [2.24, 2.45) is 5.73 Å². The van der Waals surface area contributed by atoms with E-state index >= 15 is 0 Å². The first-order valence-electron chi connectivity index (χ1n) is 9.45. The molecular formula is C19H19N7O3S. The van der Waals surface area contributed by atoms with Gasteiger partial charge in [0.2, 0.25) is 14.9 Å². The number of aromatic nitrogens is 5. The van der Waals surface area contributed by atoms with Gasteiger partial charge in [0.1, 0.15) is 5.82 Å². The lowest BCUT2D eigenvalue weighted by Gasteiger charge is -2.13. The molecule has 0 saturated carbocycles. The summed E-state index contributed by atoms with van der Waals surface area (Å²) < 4.78 is 28.7. The van der Waals surface area contributed by atoms with Crippen LogP contribution in [0.5, 0.6) is 0 Å². The van der Waals surface area contributed by atoms with Crippen molar-refractivity contribution in [3.63, 3.8) is 0 Å². The number of carbonyl (C=O) groups is 1. The van der Waals surface area contributed by atoms with E-state index in [1.165, 1.54) is 0 Å². The summed E-state index contributed by atoms with van der Waals surface area (Å²) in [5, 5.41) is 8.36. The fourth-order valence-electron chi connectivity index (χ4n) is 4.02. The van der Waals surface area contributed by atoms with Crippen LogP contribution >= 0.6 is 0 Å². The highest BCUT2D eigenvalue weighted by Crippen LogP contribution is 2.32. The van der Waals surface area contributed by atoms with Crippen LogP contribution in [0.2, 0.25) is 0 Å². The van der Waals surface area contributed by atoms with Crippen LogP contribution in [0.4, 0.5) is 4.79 Å². The first-order valence-corrected chi connectivity index (χ1v) is 10.9. The highest BCUT2D eigenvalue weighted by atomic mass is 32.2. The van der Waals surface area contributed by atoms with Gasteiger partial charge in [-0.15, -0.1) is 10.2 Å². The molecule has 0 aliphatic carbocycles. The number of benzene rings is 1. The molecule has 154 valence electrons. The molecule has 1 aliphatic heterocycles. The zero-order chi connectivity index (χ0) is 21.0. The first-order chi connectivity index (χ1) is 14.4. The van der Waals surface area contributed by atoms with Crippen molar-refractivity contribution >= 4 is 32.7 Å². The van der Waals surface area contributed by atoms with E-state index in [0.29, 0.717) is 42.1 Å². The third kappa shape index (κ3) is 2.65. The van der Waals surface area contributed by atoms with Crippen LogP contribution in [0.1, 0.15) is 23.7 Å². The molecular weight excluding hydrogens is 406 g/mol. The predicted octanol–water partition coefficient (Wildman–Crippen LogP) is 1.61. The van der Waals surface area contributed by atoms with Gasteiger partial charge in [0.25, 0.3) is 0 Å². The number of nitrogens with two attached hydrogens (primary N) is 1. The number of sulfone groups is 1. The minimum absolute atomic E-state index is 0.109. The minimum atomic E-state index is -3.94.